The molecule has 0 aliphatic heterocycles. The van der Waals surface area contributed by atoms with Gasteiger partial charge in [-0.05, 0) is 26.0 Å². The van der Waals surface area contributed by atoms with Crippen molar-refractivity contribution in [2.45, 2.75) is 19.4 Å². The molecule has 0 bridgehead atoms. The van der Waals surface area contributed by atoms with E-state index >= 15 is 0 Å². The zero-order valence-corrected chi connectivity index (χ0v) is 10.5. The molecule has 1 amide bonds. The van der Waals surface area contributed by atoms with Gasteiger partial charge in [-0.3, -0.25) is 4.79 Å². The molecule has 4 N–H and O–H groups in total. The Morgan fingerprint density at radius 3 is 2.83 bits per heavy atom. The van der Waals surface area contributed by atoms with Crippen LogP contribution in [0.2, 0.25) is 0 Å². The number of nitrogens with zero attached hydrogens (tertiary/aromatic N) is 2. The third-order valence-corrected chi connectivity index (χ3v) is 2.38. The maximum atomic E-state index is 12.0. The molecule has 0 spiro atoms. The molecule has 0 saturated heterocycles. The third-order valence-electron chi connectivity index (χ3n) is 2.38. The summed E-state index contributed by atoms with van der Waals surface area (Å²) in [6.45, 7) is 3.23. The van der Waals surface area contributed by atoms with E-state index in [2.05, 4.69) is 15.5 Å². The van der Waals surface area contributed by atoms with Crippen molar-refractivity contribution in [1.29, 1.82) is 0 Å². The molecular formula is C11H16N4O3. The van der Waals surface area contributed by atoms with E-state index in [9.17, 15) is 4.79 Å². The number of oxime groups is 1. The van der Waals surface area contributed by atoms with Crippen molar-refractivity contribution in [3.05, 3.63) is 23.9 Å². The molecule has 1 heterocycles. The largest absolute Gasteiger partial charge is 0.480 e. The third kappa shape index (κ3) is 2.88. The molecule has 1 aromatic heterocycles. The second-order valence-electron chi connectivity index (χ2n) is 4.12. The van der Waals surface area contributed by atoms with Gasteiger partial charge in [0.1, 0.15) is 5.56 Å². The summed E-state index contributed by atoms with van der Waals surface area (Å²) in [7, 11) is 1.42. The molecule has 1 aromatic rings. The number of hydrogen-bond acceptors (Lipinski definition) is 5. The van der Waals surface area contributed by atoms with Crippen LogP contribution in [0.4, 0.5) is 0 Å². The number of carbonyl (C=O) groups excluding carboxylic acids is 1. The molecule has 0 fully saturated rings. The Labute approximate surface area is 105 Å². The topological polar surface area (TPSA) is 110 Å². The average molecular weight is 252 g/mol. The van der Waals surface area contributed by atoms with Crippen molar-refractivity contribution in [2.24, 2.45) is 10.9 Å². The van der Waals surface area contributed by atoms with Gasteiger partial charge in [-0.25, -0.2) is 4.98 Å². The van der Waals surface area contributed by atoms with Crippen LogP contribution in [-0.4, -0.2) is 34.6 Å². The Kier molecular flexibility index (Phi) is 4.09. The van der Waals surface area contributed by atoms with Gasteiger partial charge in [0, 0.05) is 6.20 Å². The average Bonchev–Trinajstić information content (AvgIpc) is 2.36. The Bertz CT molecular complexity index is 471. The number of hydrogen-bond donors (Lipinski definition) is 3. The van der Waals surface area contributed by atoms with E-state index < -0.39 is 11.4 Å². The minimum atomic E-state index is -0.979. The normalized spacial score (nSPS) is 12.1. The summed E-state index contributed by atoms with van der Waals surface area (Å²) >= 11 is 0. The molecule has 7 nitrogen and oxygen atoms in total. The molecule has 0 aliphatic carbocycles. The lowest BCUT2D eigenvalue weighted by molar-refractivity contribution is 0.0927. The van der Waals surface area contributed by atoms with Gasteiger partial charge in [-0.15, -0.1) is 0 Å². The number of nitrogens with two attached hydrogens (primary N) is 1. The fourth-order valence-corrected chi connectivity index (χ4v) is 1.27. The number of ether oxygens (including phenoxy) is 1. The lowest BCUT2D eigenvalue weighted by Crippen LogP contribution is -2.53. The van der Waals surface area contributed by atoms with Crippen LogP contribution in [-0.2, 0) is 0 Å². The Balaban J connectivity index is 2.96. The summed E-state index contributed by atoms with van der Waals surface area (Å²) in [6.07, 6.45) is 1.52. The van der Waals surface area contributed by atoms with E-state index in [0.29, 0.717) is 0 Å². The lowest BCUT2D eigenvalue weighted by Gasteiger charge is -2.24. The fourth-order valence-electron chi connectivity index (χ4n) is 1.27. The minimum Gasteiger partial charge on any atom is -0.480 e. The molecule has 0 atom stereocenters. The van der Waals surface area contributed by atoms with Crippen LogP contribution in [0.5, 0.6) is 5.88 Å². The smallest absolute Gasteiger partial charge is 0.257 e. The summed E-state index contributed by atoms with van der Waals surface area (Å²) < 4.78 is 4.98. The van der Waals surface area contributed by atoms with Crippen molar-refractivity contribution in [1.82, 2.24) is 10.3 Å². The monoisotopic (exact) mass is 252 g/mol. The van der Waals surface area contributed by atoms with Gasteiger partial charge in [0.25, 0.3) is 5.91 Å². The highest BCUT2D eigenvalue weighted by Crippen LogP contribution is 2.14. The number of methoxy groups -OCH3 is 1. The van der Waals surface area contributed by atoms with Crippen molar-refractivity contribution in [2.75, 3.05) is 7.11 Å². The SMILES string of the molecule is COc1ncccc1C(=O)NC(C)(C)C(N)=NO. The molecule has 0 radical (unpaired) electrons. The Morgan fingerprint density at radius 1 is 1.61 bits per heavy atom. The summed E-state index contributed by atoms with van der Waals surface area (Å²) in [5.41, 5.74) is 4.78. The molecule has 0 aromatic carbocycles. The highest BCUT2D eigenvalue weighted by Gasteiger charge is 2.27. The number of amides is 1. The summed E-state index contributed by atoms with van der Waals surface area (Å²) in [5, 5.41) is 14.1. The van der Waals surface area contributed by atoms with Crippen molar-refractivity contribution in [3.63, 3.8) is 0 Å². The van der Waals surface area contributed by atoms with Gasteiger partial charge >= 0.3 is 0 Å². The first-order chi connectivity index (χ1) is 8.42. The first-order valence-corrected chi connectivity index (χ1v) is 5.22. The number of aromatic nitrogens is 1. The Hall–Kier alpha value is -2.31. The van der Waals surface area contributed by atoms with Gasteiger partial charge in [0.05, 0.1) is 12.6 Å². The van der Waals surface area contributed by atoms with E-state index in [-0.39, 0.29) is 17.3 Å². The quantitative estimate of drug-likeness (QED) is 0.310. The highest BCUT2D eigenvalue weighted by atomic mass is 16.5. The van der Waals surface area contributed by atoms with Crippen LogP contribution in [0.15, 0.2) is 23.5 Å². The first-order valence-electron chi connectivity index (χ1n) is 5.22. The van der Waals surface area contributed by atoms with Crippen LogP contribution in [0.25, 0.3) is 0 Å². The maximum absolute atomic E-state index is 12.0. The first kappa shape index (κ1) is 13.8. The maximum Gasteiger partial charge on any atom is 0.257 e. The summed E-state index contributed by atoms with van der Waals surface area (Å²) in [4.78, 5) is 16.0. The van der Waals surface area contributed by atoms with Gasteiger partial charge in [-0.1, -0.05) is 5.16 Å². The lowest BCUT2D eigenvalue weighted by atomic mass is 10.0. The van der Waals surface area contributed by atoms with E-state index in [0.717, 1.165) is 0 Å². The fraction of sp³-hybridized carbons (Fsp3) is 0.364. The van der Waals surface area contributed by atoms with Gasteiger partial charge < -0.3 is 21.0 Å². The number of carbonyl (C=O) groups is 1. The van der Waals surface area contributed by atoms with E-state index in [1.807, 2.05) is 0 Å². The second-order valence-corrected chi connectivity index (χ2v) is 4.12. The molecule has 0 aliphatic rings. The highest BCUT2D eigenvalue weighted by molar-refractivity contribution is 6.01. The number of pyridine rings is 1. The summed E-state index contributed by atoms with van der Waals surface area (Å²) in [6, 6.07) is 3.19. The second kappa shape index (κ2) is 5.35. The zero-order valence-electron chi connectivity index (χ0n) is 10.5. The molecule has 0 saturated carbocycles. The van der Waals surface area contributed by atoms with Crippen molar-refractivity contribution >= 4 is 11.7 Å². The van der Waals surface area contributed by atoms with Crippen LogP contribution < -0.4 is 15.8 Å². The van der Waals surface area contributed by atoms with Crippen molar-refractivity contribution in [3.8, 4) is 5.88 Å². The standard InChI is InChI=1S/C11H16N4O3/c1-11(2,10(12)15-17)14-8(16)7-5-4-6-13-9(7)18-3/h4-6,17H,1-3H3,(H2,12,15)(H,14,16). The summed E-state index contributed by atoms with van der Waals surface area (Å²) in [5.74, 6) is -0.305. The van der Waals surface area contributed by atoms with Crippen LogP contribution in [0, 0.1) is 0 Å². The van der Waals surface area contributed by atoms with E-state index in [1.165, 1.54) is 13.3 Å². The molecule has 1 rings (SSSR count). The number of amidine groups is 1. The van der Waals surface area contributed by atoms with Gasteiger partial charge in [-0.2, -0.15) is 0 Å². The molecule has 98 valence electrons. The zero-order chi connectivity index (χ0) is 13.8. The van der Waals surface area contributed by atoms with E-state index in [1.54, 1.807) is 26.0 Å². The van der Waals surface area contributed by atoms with Crippen LogP contribution in [0.1, 0.15) is 24.2 Å². The van der Waals surface area contributed by atoms with Gasteiger partial charge in [0.2, 0.25) is 5.88 Å². The van der Waals surface area contributed by atoms with Crippen LogP contribution >= 0.6 is 0 Å². The van der Waals surface area contributed by atoms with Crippen LogP contribution in [0.3, 0.4) is 0 Å². The van der Waals surface area contributed by atoms with Crippen molar-refractivity contribution < 1.29 is 14.7 Å². The molecule has 0 unspecified atom stereocenters. The van der Waals surface area contributed by atoms with E-state index in [4.69, 9.17) is 15.7 Å². The number of rotatable bonds is 4. The minimum absolute atomic E-state index is 0.0984. The predicted molar refractivity (Wildman–Crippen MR) is 65.7 cm³/mol. The molecule has 18 heavy (non-hydrogen) atoms. The molecule has 7 heteroatoms. The number of nitrogens with one attached hydrogen (secondary N) is 1. The Morgan fingerprint density at radius 2 is 2.28 bits per heavy atom. The predicted octanol–water partition coefficient (Wildman–Crippen LogP) is 0.345. The molecular weight excluding hydrogens is 236 g/mol. The van der Waals surface area contributed by atoms with Gasteiger partial charge in [0.15, 0.2) is 5.84 Å².